The number of benzene rings is 1. The number of carbonyl (C=O) groups is 3. The highest BCUT2D eigenvalue weighted by Crippen LogP contribution is 2.11. The smallest absolute Gasteiger partial charge is 0.338 e. The zero-order chi connectivity index (χ0) is 19.4. The first-order valence-electron chi connectivity index (χ1n) is 8.44. The lowest BCUT2D eigenvalue weighted by Gasteiger charge is -2.11. The van der Waals surface area contributed by atoms with E-state index in [1.165, 1.54) is 13.0 Å². The van der Waals surface area contributed by atoms with E-state index in [0.717, 1.165) is 12.8 Å². The first-order valence-corrected chi connectivity index (χ1v) is 8.44. The summed E-state index contributed by atoms with van der Waals surface area (Å²) in [7, 11) is 0. The van der Waals surface area contributed by atoms with Gasteiger partial charge in [-0.2, -0.15) is 0 Å². The van der Waals surface area contributed by atoms with Crippen LogP contribution in [0.5, 0.6) is 0 Å². The molecule has 0 radical (unpaired) electrons. The quantitative estimate of drug-likeness (QED) is 0.369. The van der Waals surface area contributed by atoms with Crippen molar-refractivity contribution in [3.8, 4) is 0 Å². The summed E-state index contributed by atoms with van der Waals surface area (Å²) >= 11 is 0. The lowest BCUT2D eigenvalue weighted by Crippen LogP contribution is -2.28. The molecule has 142 valence electrons. The van der Waals surface area contributed by atoms with Crippen molar-refractivity contribution in [3.63, 3.8) is 0 Å². The molecule has 0 spiro atoms. The number of anilines is 1. The molecule has 7 heteroatoms. The number of rotatable bonds is 11. The van der Waals surface area contributed by atoms with Crippen LogP contribution in [0.2, 0.25) is 0 Å². The Morgan fingerprint density at radius 2 is 1.88 bits per heavy atom. The highest BCUT2D eigenvalue weighted by molar-refractivity contribution is 5.94. The van der Waals surface area contributed by atoms with E-state index in [0.29, 0.717) is 17.9 Å². The van der Waals surface area contributed by atoms with E-state index in [2.05, 4.69) is 11.9 Å². The predicted molar refractivity (Wildman–Crippen MR) is 96.8 cm³/mol. The third-order valence-electron chi connectivity index (χ3n) is 3.28. The number of nitrogens with one attached hydrogen (secondary N) is 1. The minimum absolute atomic E-state index is 0.218. The van der Waals surface area contributed by atoms with Crippen LogP contribution in [0.4, 0.5) is 5.69 Å². The monoisotopic (exact) mass is 363 g/mol. The second-order valence-electron chi connectivity index (χ2n) is 5.49. The van der Waals surface area contributed by atoms with E-state index in [1.54, 1.807) is 24.3 Å². The van der Waals surface area contributed by atoms with Crippen LogP contribution in [0, 0.1) is 0 Å². The lowest BCUT2D eigenvalue weighted by molar-refractivity contribution is -0.157. The minimum Gasteiger partial charge on any atom is -0.462 e. The molecule has 0 aliphatic heterocycles. The fraction of sp³-hybridized carbons (Fsp3) is 0.421. The lowest BCUT2D eigenvalue weighted by atomic mass is 10.2. The molecule has 1 aromatic carbocycles. The van der Waals surface area contributed by atoms with Gasteiger partial charge in [0.1, 0.15) is 0 Å². The molecule has 1 amide bonds. The molecule has 26 heavy (non-hydrogen) atoms. The maximum Gasteiger partial charge on any atom is 0.338 e. The van der Waals surface area contributed by atoms with Crippen molar-refractivity contribution in [1.29, 1.82) is 0 Å². The molecule has 7 nitrogen and oxygen atoms in total. The number of hydrogen-bond acceptors (Lipinski definition) is 6. The van der Waals surface area contributed by atoms with Gasteiger partial charge in [-0.25, -0.2) is 9.59 Å². The van der Waals surface area contributed by atoms with Gasteiger partial charge >= 0.3 is 11.9 Å². The zero-order valence-electron chi connectivity index (χ0n) is 15.2. The van der Waals surface area contributed by atoms with E-state index in [9.17, 15) is 14.4 Å². The first kappa shape index (κ1) is 21.4. The van der Waals surface area contributed by atoms with Gasteiger partial charge < -0.3 is 19.5 Å². The Kier molecular flexibility index (Phi) is 9.71. The molecule has 1 atom stereocenters. The van der Waals surface area contributed by atoms with Gasteiger partial charge in [-0.15, -0.1) is 6.58 Å². The Morgan fingerprint density at radius 3 is 2.50 bits per heavy atom. The Balaban J connectivity index is 2.41. The third-order valence-corrected chi connectivity index (χ3v) is 3.28. The molecule has 0 heterocycles. The summed E-state index contributed by atoms with van der Waals surface area (Å²) in [5.74, 6) is -1.53. The Bertz CT molecular complexity index is 611. The van der Waals surface area contributed by atoms with Gasteiger partial charge in [0.15, 0.2) is 12.7 Å². The van der Waals surface area contributed by atoms with Crippen LogP contribution in [-0.2, 0) is 23.8 Å². The molecule has 0 fully saturated rings. The van der Waals surface area contributed by atoms with Crippen LogP contribution in [0.1, 0.15) is 37.0 Å². The van der Waals surface area contributed by atoms with Crippen molar-refractivity contribution < 1.29 is 28.6 Å². The molecule has 0 aliphatic rings. The number of carbonyl (C=O) groups excluding carboxylic acids is 3. The zero-order valence-corrected chi connectivity index (χ0v) is 15.2. The normalized spacial score (nSPS) is 11.3. The molecule has 0 saturated carbocycles. The average molecular weight is 363 g/mol. The van der Waals surface area contributed by atoms with E-state index in [-0.39, 0.29) is 6.61 Å². The van der Waals surface area contributed by atoms with Gasteiger partial charge in [-0.1, -0.05) is 19.4 Å². The molecule has 1 aromatic rings. The van der Waals surface area contributed by atoms with Gasteiger partial charge in [-0.3, -0.25) is 4.79 Å². The molecule has 0 saturated heterocycles. The molecule has 1 unspecified atom stereocenters. The number of amides is 1. The van der Waals surface area contributed by atoms with Crippen molar-refractivity contribution in [2.24, 2.45) is 0 Å². The summed E-state index contributed by atoms with van der Waals surface area (Å²) in [6.45, 7) is 7.19. The van der Waals surface area contributed by atoms with Crippen molar-refractivity contribution in [3.05, 3.63) is 42.5 Å². The second kappa shape index (κ2) is 11.8. The highest BCUT2D eigenvalue weighted by atomic mass is 16.6. The summed E-state index contributed by atoms with van der Waals surface area (Å²) in [5, 5.41) is 2.57. The number of ether oxygens (including phenoxy) is 3. The maximum absolute atomic E-state index is 11.8. The average Bonchev–Trinajstić information content (AvgIpc) is 2.64. The van der Waals surface area contributed by atoms with Gasteiger partial charge in [0.2, 0.25) is 0 Å². The number of esters is 2. The Hall–Kier alpha value is -2.67. The topological polar surface area (TPSA) is 90.9 Å². The molecule has 0 bridgehead atoms. The molecule has 0 aliphatic carbocycles. The standard InChI is InChI=1S/C19H25NO6/c1-4-6-12-25-19(23)15-7-9-16(10-8-15)20-17(21)13-26-18(22)14(3)24-11-5-2/h5,7-10,14H,2,4,6,11-13H2,1,3H3,(H,20,21). The molecule has 0 aromatic heterocycles. The Labute approximate surface area is 153 Å². The third kappa shape index (κ3) is 7.94. The SMILES string of the molecule is C=CCOC(C)C(=O)OCC(=O)Nc1ccc(C(=O)OCCCC)cc1. The van der Waals surface area contributed by atoms with Crippen molar-refractivity contribution in [2.75, 3.05) is 25.1 Å². The summed E-state index contributed by atoms with van der Waals surface area (Å²) in [5.41, 5.74) is 0.880. The van der Waals surface area contributed by atoms with Crippen LogP contribution in [0.3, 0.4) is 0 Å². The fourth-order valence-electron chi connectivity index (χ4n) is 1.81. The van der Waals surface area contributed by atoms with Crippen LogP contribution in [0.15, 0.2) is 36.9 Å². The Morgan fingerprint density at radius 1 is 1.19 bits per heavy atom. The van der Waals surface area contributed by atoms with Crippen LogP contribution >= 0.6 is 0 Å². The highest BCUT2D eigenvalue weighted by Gasteiger charge is 2.16. The van der Waals surface area contributed by atoms with Gasteiger partial charge in [-0.05, 0) is 37.6 Å². The summed E-state index contributed by atoms with van der Waals surface area (Å²) < 4.78 is 15.1. The molecular formula is C19H25NO6. The minimum atomic E-state index is -0.779. The largest absolute Gasteiger partial charge is 0.462 e. The van der Waals surface area contributed by atoms with Gasteiger partial charge in [0.05, 0.1) is 18.8 Å². The van der Waals surface area contributed by atoms with Crippen LogP contribution < -0.4 is 5.32 Å². The van der Waals surface area contributed by atoms with Crippen LogP contribution in [-0.4, -0.2) is 43.8 Å². The summed E-state index contributed by atoms with van der Waals surface area (Å²) in [6.07, 6.45) is 2.50. The van der Waals surface area contributed by atoms with E-state index in [1.807, 2.05) is 6.92 Å². The summed E-state index contributed by atoms with van der Waals surface area (Å²) in [4.78, 5) is 35.2. The first-order chi connectivity index (χ1) is 12.5. The molecular weight excluding hydrogens is 338 g/mol. The van der Waals surface area contributed by atoms with Gasteiger partial charge in [0, 0.05) is 5.69 Å². The van der Waals surface area contributed by atoms with E-state index >= 15 is 0 Å². The van der Waals surface area contributed by atoms with E-state index < -0.39 is 30.6 Å². The molecule has 1 N–H and O–H groups in total. The van der Waals surface area contributed by atoms with Crippen molar-refractivity contribution >= 4 is 23.5 Å². The second-order valence-corrected chi connectivity index (χ2v) is 5.49. The van der Waals surface area contributed by atoms with Crippen molar-refractivity contribution in [2.45, 2.75) is 32.8 Å². The predicted octanol–water partition coefficient (Wildman–Crippen LogP) is 2.72. The molecule has 1 rings (SSSR count). The summed E-state index contributed by atoms with van der Waals surface area (Å²) in [6, 6.07) is 6.26. The van der Waals surface area contributed by atoms with E-state index in [4.69, 9.17) is 14.2 Å². The van der Waals surface area contributed by atoms with Crippen LogP contribution in [0.25, 0.3) is 0 Å². The van der Waals surface area contributed by atoms with Gasteiger partial charge in [0.25, 0.3) is 5.91 Å². The number of hydrogen-bond donors (Lipinski definition) is 1. The maximum atomic E-state index is 11.8. The van der Waals surface area contributed by atoms with Crippen molar-refractivity contribution in [1.82, 2.24) is 0 Å². The number of unbranched alkanes of at least 4 members (excludes halogenated alkanes) is 1. The fourth-order valence-corrected chi connectivity index (χ4v) is 1.81.